The van der Waals surface area contributed by atoms with Crippen molar-refractivity contribution < 1.29 is 14.3 Å². The van der Waals surface area contributed by atoms with Crippen LogP contribution in [-0.2, 0) is 11.2 Å². The van der Waals surface area contributed by atoms with Crippen molar-refractivity contribution in [3.8, 4) is 0 Å². The maximum absolute atomic E-state index is 13.1. The van der Waals surface area contributed by atoms with Crippen molar-refractivity contribution in [3.05, 3.63) is 87.5 Å². The molecule has 0 fully saturated rings. The topological polar surface area (TPSA) is 72.1 Å². The van der Waals surface area contributed by atoms with Crippen LogP contribution in [0.5, 0.6) is 0 Å². The number of nitrogens with zero attached hydrogens (tertiary/aromatic N) is 1. The molecule has 1 aromatic carbocycles. The van der Waals surface area contributed by atoms with Gasteiger partial charge in [0.25, 0.3) is 0 Å². The Labute approximate surface area is 177 Å². The Morgan fingerprint density at radius 3 is 2.80 bits per heavy atom. The predicted octanol–water partition coefficient (Wildman–Crippen LogP) is 5.15. The van der Waals surface area contributed by atoms with Gasteiger partial charge in [-0.15, -0.1) is 11.3 Å². The third-order valence-corrected chi connectivity index (χ3v) is 6.06. The molecule has 0 bridgehead atoms. The van der Waals surface area contributed by atoms with Gasteiger partial charge in [-0.05, 0) is 59.7 Å². The smallest absolute Gasteiger partial charge is 0.339 e. The molecule has 3 heterocycles. The molecule has 5 nitrogen and oxygen atoms in total. The molecule has 0 saturated carbocycles. The lowest BCUT2D eigenvalue weighted by molar-refractivity contribution is 0.0474. The average molecular weight is 414 g/mol. The standard InChI is InChI=1S/C24H18N2O3S/c27-21(20-8-3-11-25-20)14-29-24(28)22-17-6-1-2-7-19(17)26-23-15(9-10-18(22)23)13-16-5-4-12-30-16/h1-8,11-13,25H,9-10,14H2. The molecule has 0 unspecified atom stereocenters. The van der Waals surface area contributed by atoms with Gasteiger partial charge in [-0.25, -0.2) is 9.78 Å². The molecule has 0 amide bonds. The molecule has 148 valence electrons. The number of H-pyrrole nitrogens is 1. The van der Waals surface area contributed by atoms with Crippen molar-refractivity contribution in [2.75, 3.05) is 6.61 Å². The molecule has 4 aromatic rings. The van der Waals surface area contributed by atoms with Crippen LogP contribution in [0.2, 0.25) is 0 Å². The molecule has 30 heavy (non-hydrogen) atoms. The summed E-state index contributed by atoms with van der Waals surface area (Å²) in [6, 6.07) is 15.1. The molecule has 5 rings (SSSR count). The number of ketones is 1. The van der Waals surface area contributed by atoms with Gasteiger partial charge in [0.15, 0.2) is 6.61 Å². The van der Waals surface area contributed by atoms with Crippen molar-refractivity contribution in [1.82, 2.24) is 9.97 Å². The first-order valence-corrected chi connectivity index (χ1v) is 10.6. The van der Waals surface area contributed by atoms with E-state index in [9.17, 15) is 9.59 Å². The maximum Gasteiger partial charge on any atom is 0.339 e. The Balaban J connectivity index is 1.53. The molecule has 3 aromatic heterocycles. The lowest BCUT2D eigenvalue weighted by Gasteiger charge is -2.12. The Kier molecular flexibility index (Phi) is 4.77. The number of Topliss-reactive ketones (excluding diaryl/α,β-unsaturated/α-hetero) is 1. The van der Waals surface area contributed by atoms with E-state index in [0.29, 0.717) is 11.3 Å². The molecule has 1 aliphatic rings. The second kappa shape index (κ2) is 7.72. The number of aromatic amines is 1. The van der Waals surface area contributed by atoms with Gasteiger partial charge in [-0.1, -0.05) is 24.3 Å². The first-order chi connectivity index (χ1) is 14.7. The van der Waals surface area contributed by atoms with E-state index in [1.807, 2.05) is 35.7 Å². The largest absolute Gasteiger partial charge is 0.454 e. The van der Waals surface area contributed by atoms with Crippen LogP contribution in [-0.4, -0.2) is 28.3 Å². The zero-order chi connectivity index (χ0) is 20.5. The van der Waals surface area contributed by atoms with Crippen molar-refractivity contribution in [2.45, 2.75) is 12.8 Å². The molecule has 0 aliphatic heterocycles. The number of nitrogens with one attached hydrogen (secondary N) is 1. The zero-order valence-corrected chi connectivity index (χ0v) is 16.9. The number of rotatable bonds is 5. The highest BCUT2D eigenvalue weighted by atomic mass is 32.1. The van der Waals surface area contributed by atoms with Gasteiger partial charge in [-0.2, -0.15) is 0 Å². The summed E-state index contributed by atoms with van der Waals surface area (Å²) in [4.78, 5) is 34.2. The predicted molar refractivity (Wildman–Crippen MR) is 118 cm³/mol. The number of pyridine rings is 1. The first kappa shape index (κ1) is 18.5. The summed E-state index contributed by atoms with van der Waals surface area (Å²) < 4.78 is 5.43. The summed E-state index contributed by atoms with van der Waals surface area (Å²) in [5, 5.41) is 2.80. The fourth-order valence-electron chi connectivity index (χ4n) is 3.84. The van der Waals surface area contributed by atoms with Crippen LogP contribution in [0, 0.1) is 0 Å². The quantitative estimate of drug-likeness (QED) is 0.362. The fraction of sp³-hybridized carbons (Fsp3) is 0.125. The number of para-hydroxylation sites is 1. The van der Waals surface area contributed by atoms with Crippen LogP contribution in [0.15, 0.2) is 60.1 Å². The minimum absolute atomic E-state index is 0.262. The number of aromatic nitrogens is 2. The van der Waals surface area contributed by atoms with E-state index in [2.05, 4.69) is 17.1 Å². The van der Waals surface area contributed by atoms with E-state index in [4.69, 9.17) is 9.72 Å². The number of carbonyl (C=O) groups is 2. The Hall–Kier alpha value is -3.51. The summed E-state index contributed by atoms with van der Waals surface area (Å²) >= 11 is 1.67. The zero-order valence-electron chi connectivity index (χ0n) is 16.1. The number of ether oxygens (including phenoxy) is 1. The van der Waals surface area contributed by atoms with Crippen LogP contribution >= 0.6 is 11.3 Å². The Bertz CT molecular complexity index is 1270. The van der Waals surface area contributed by atoms with E-state index < -0.39 is 5.97 Å². The van der Waals surface area contributed by atoms with Crippen LogP contribution in [0.3, 0.4) is 0 Å². The second-order valence-electron chi connectivity index (χ2n) is 7.10. The van der Waals surface area contributed by atoms with E-state index in [1.54, 1.807) is 29.7 Å². The third-order valence-electron chi connectivity index (χ3n) is 5.24. The highest BCUT2D eigenvalue weighted by molar-refractivity contribution is 7.10. The first-order valence-electron chi connectivity index (χ1n) is 9.70. The highest BCUT2D eigenvalue weighted by Gasteiger charge is 2.28. The summed E-state index contributed by atoms with van der Waals surface area (Å²) in [5.41, 5.74) is 4.56. The molecule has 1 aliphatic carbocycles. The van der Waals surface area contributed by atoms with Gasteiger partial charge in [-0.3, -0.25) is 4.79 Å². The molecule has 0 spiro atoms. The van der Waals surface area contributed by atoms with Crippen LogP contribution < -0.4 is 0 Å². The Morgan fingerprint density at radius 2 is 2.00 bits per heavy atom. The molecule has 0 atom stereocenters. The summed E-state index contributed by atoms with van der Waals surface area (Å²) in [7, 11) is 0. The molecular weight excluding hydrogens is 396 g/mol. The van der Waals surface area contributed by atoms with Gasteiger partial charge in [0.2, 0.25) is 5.78 Å². The third kappa shape index (κ3) is 3.35. The number of esters is 1. The van der Waals surface area contributed by atoms with Gasteiger partial charge in [0.1, 0.15) is 0 Å². The minimum atomic E-state index is -0.484. The molecule has 0 radical (unpaired) electrons. The number of fused-ring (bicyclic) bond motifs is 2. The fourth-order valence-corrected chi connectivity index (χ4v) is 4.52. The number of hydrogen-bond donors (Lipinski definition) is 1. The monoisotopic (exact) mass is 414 g/mol. The second-order valence-corrected chi connectivity index (χ2v) is 8.08. The van der Waals surface area contributed by atoms with E-state index in [0.717, 1.165) is 45.5 Å². The van der Waals surface area contributed by atoms with E-state index in [1.165, 1.54) is 0 Å². The molecule has 6 heteroatoms. The van der Waals surface area contributed by atoms with E-state index in [-0.39, 0.29) is 12.4 Å². The molecule has 1 N–H and O–H groups in total. The number of benzene rings is 1. The normalized spacial score (nSPS) is 14.2. The number of thiophene rings is 1. The Morgan fingerprint density at radius 1 is 1.10 bits per heavy atom. The lowest BCUT2D eigenvalue weighted by atomic mass is 10.0. The number of hydrogen-bond acceptors (Lipinski definition) is 5. The summed E-state index contributed by atoms with van der Waals surface area (Å²) in [6.07, 6.45) is 5.35. The van der Waals surface area contributed by atoms with Gasteiger partial charge >= 0.3 is 5.97 Å². The minimum Gasteiger partial charge on any atom is -0.454 e. The SMILES string of the molecule is O=C(COC(=O)c1c2c(nc3ccccc13)C(=Cc1cccs1)CC2)c1ccc[nH]1. The highest BCUT2D eigenvalue weighted by Crippen LogP contribution is 2.38. The summed E-state index contributed by atoms with van der Waals surface area (Å²) in [5.74, 6) is -0.747. The average Bonchev–Trinajstić information content (AvgIpc) is 3.53. The van der Waals surface area contributed by atoms with Gasteiger partial charge < -0.3 is 9.72 Å². The maximum atomic E-state index is 13.1. The van der Waals surface area contributed by atoms with Crippen molar-refractivity contribution in [3.63, 3.8) is 0 Å². The van der Waals surface area contributed by atoms with E-state index >= 15 is 0 Å². The summed E-state index contributed by atoms with van der Waals surface area (Å²) in [6.45, 7) is -0.303. The van der Waals surface area contributed by atoms with Crippen molar-refractivity contribution in [2.24, 2.45) is 0 Å². The lowest BCUT2D eigenvalue weighted by Crippen LogP contribution is -2.16. The van der Waals surface area contributed by atoms with Crippen LogP contribution in [0.4, 0.5) is 0 Å². The van der Waals surface area contributed by atoms with Crippen molar-refractivity contribution in [1.29, 1.82) is 0 Å². The van der Waals surface area contributed by atoms with Crippen LogP contribution in [0.1, 0.15) is 43.4 Å². The molecule has 0 saturated heterocycles. The van der Waals surface area contributed by atoms with Crippen molar-refractivity contribution >= 4 is 45.6 Å². The number of carbonyl (C=O) groups excluding carboxylic acids is 2. The van der Waals surface area contributed by atoms with Gasteiger partial charge in [0.05, 0.1) is 22.5 Å². The molecular formula is C24H18N2O3S. The van der Waals surface area contributed by atoms with Crippen LogP contribution in [0.25, 0.3) is 22.6 Å². The van der Waals surface area contributed by atoms with Gasteiger partial charge in [0, 0.05) is 16.5 Å². The number of allylic oxidation sites excluding steroid dienone is 1.